The Morgan fingerprint density at radius 1 is 1.16 bits per heavy atom. The van der Waals surface area contributed by atoms with Gasteiger partial charge in [-0.1, -0.05) is 65.3 Å². The lowest BCUT2D eigenvalue weighted by Crippen LogP contribution is -2.50. The van der Waals surface area contributed by atoms with Crippen molar-refractivity contribution in [2.45, 2.75) is 6.17 Å². The van der Waals surface area contributed by atoms with E-state index >= 15 is 0 Å². The molecule has 0 bridgehead atoms. The number of hydrazone groups is 1. The Morgan fingerprint density at radius 2 is 1.96 bits per heavy atom. The van der Waals surface area contributed by atoms with Gasteiger partial charge in [-0.3, -0.25) is 15.1 Å². The highest BCUT2D eigenvalue weighted by atomic mass is 35.5. The van der Waals surface area contributed by atoms with Gasteiger partial charge in [0.2, 0.25) is 0 Å². The van der Waals surface area contributed by atoms with Crippen molar-refractivity contribution < 1.29 is 4.79 Å². The van der Waals surface area contributed by atoms with Crippen LogP contribution in [0.1, 0.15) is 11.7 Å². The molecular formula is C17H12Cl2N4OS. The fourth-order valence-electron chi connectivity index (χ4n) is 2.84. The molecular weight excluding hydrogens is 379 g/mol. The molecule has 2 aromatic rings. The Bertz CT molecular complexity index is 1040. The molecule has 2 aliphatic rings. The summed E-state index contributed by atoms with van der Waals surface area (Å²) in [6.07, 6.45) is 1.28. The fraction of sp³-hybridized carbons (Fsp3) is 0.118. The van der Waals surface area contributed by atoms with Gasteiger partial charge in [0.05, 0.1) is 15.4 Å². The molecule has 25 heavy (non-hydrogen) atoms. The molecule has 1 N–H and O–H groups in total. The van der Waals surface area contributed by atoms with Crippen molar-refractivity contribution >= 4 is 51.7 Å². The predicted octanol–water partition coefficient (Wildman–Crippen LogP) is 2.50. The molecule has 0 aliphatic carbocycles. The van der Waals surface area contributed by atoms with Crippen LogP contribution in [0.25, 0.3) is 5.70 Å². The number of para-hydroxylation sites is 1. The third-order valence-electron chi connectivity index (χ3n) is 3.97. The number of nitrogens with one attached hydrogen (secondary N) is 1. The summed E-state index contributed by atoms with van der Waals surface area (Å²) >= 11 is 13.9. The number of benzene rings is 2. The number of halogens is 2. The Labute approximate surface area is 158 Å². The minimum absolute atomic E-state index is 0.218. The lowest BCUT2D eigenvalue weighted by atomic mass is 10.1. The van der Waals surface area contributed by atoms with Gasteiger partial charge in [0.15, 0.2) is 11.3 Å². The normalized spacial score (nSPS) is 18.8. The van der Waals surface area contributed by atoms with Gasteiger partial charge in [0.1, 0.15) is 5.70 Å². The lowest BCUT2D eigenvalue weighted by Gasteiger charge is -2.34. The second kappa shape index (κ2) is 6.37. The number of nitrogens with zero attached hydrogens (tertiary/aromatic N) is 3. The van der Waals surface area contributed by atoms with Crippen LogP contribution in [0.3, 0.4) is 0 Å². The minimum atomic E-state index is -0.565. The highest BCUT2D eigenvalue weighted by Crippen LogP contribution is 2.36. The number of amides is 1. The summed E-state index contributed by atoms with van der Waals surface area (Å²) in [7, 11) is 0. The molecule has 0 radical (unpaired) electrons. The third-order valence-corrected chi connectivity index (χ3v) is 5.37. The molecule has 0 aromatic heterocycles. The summed E-state index contributed by atoms with van der Waals surface area (Å²) in [4.78, 5) is 17.5. The van der Waals surface area contributed by atoms with Gasteiger partial charge in [0, 0.05) is 10.8 Å². The Morgan fingerprint density at radius 3 is 2.76 bits per heavy atom. The Balaban J connectivity index is 2.02. The van der Waals surface area contributed by atoms with E-state index in [0.29, 0.717) is 31.8 Å². The van der Waals surface area contributed by atoms with Crippen molar-refractivity contribution in [3.8, 4) is 0 Å². The molecule has 8 heteroatoms. The van der Waals surface area contributed by atoms with Crippen LogP contribution in [0.2, 0.25) is 10.0 Å². The van der Waals surface area contributed by atoms with Crippen LogP contribution in [0, 0.1) is 0 Å². The van der Waals surface area contributed by atoms with E-state index in [2.05, 4.69) is 10.4 Å². The zero-order valence-corrected chi connectivity index (χ0v) is 15.4. The first-order chi connectivity index (χ1) is 12.1. The first-order valence-corrected chi connectivity index (χ1v) is 9.42. The molecule has 4 rings (SSSR count). The zero-order valence-electron chi connectivity index (χ0n) is 13.0. The second-order valence-corrected chi connectivity index (χ2v) is 7.00. The highest BCUT2D eigenvalue weighted by Gasteiger charge is 2.35. The SMILES string of the molecule is CSC1=NN2C(=c3ccccc3=NC2c2cccc(Cl)c2Cl)C(=O)N1. The lowest BCUT2D eigenvalue weighted by molar-refractivity contribution is -0.116. The van der Waals surface area contributed by atoms with Crippen molar-refractivity contribution in [1.82, 2.24) is 10.3 Å². The van der Waals surface area contributed by atoms with Crippen molar-refractivity contribution in [3.63, 3.8) is 0 Å². The van der Waals surface area contributed by atoms with Crippen molar-refractivity contribution in [3.05, 3.63) is 68.6 Å². The van der Waals surface area contributed by atoms with E-state index < -0.39 is 6.17 Å². The summed E-state index contributed by atoms with van der Waals surface area (Å²) in [6, 6.07) is 12.8. The van der Waals surface area contributed by atoms with E-state index in [-0.39, 0.29) is 5.91 Å². The number of carbonyl (C=O) groups excluding carboxylic acids is 1. The summed E-state index contributed by atoms with van der Waals surface area (Å²) in [5, 5.41) is 11.8. The van der Waals surface area contributed by atoms with E-state index in [0.717, 1.165) is 5.22 Å². The predicted molar refractivity (Wildman–Crippen MR) is 101 cm³/mol. The molecule has 5 nitrogen and oxygen atoms in total. The third kappa shape index (κ3) is 2.70. The van der Waals surface area contributed by atoms with Crippen molar-refractivity contribution in [2.75, 3.05) is 6.26 Å². The van der Waals surface area contributed by atoms with E-state index in [9.17, 15) is 4.79 Å². The van der Waals surface area contributed by atoms with Gasteiger partial charge in [-0.15, -0.1) is 5.10 Å². The van der Waals surface area contributed by atoms with E-state index in [4.69, 9.17) is 28.2 Å². The minimum Gasteiger partial charge on any atom is -0.298 e. The number of fused-ring (bicyclic) bond motifs is 2. The Kier molecular flexibility index (Phi) is 4.19. The van der Waals surface area contributed by atoms with Crippen LogP contribution in [0.4, 0.5) is 0 Å². The topological polar surface area (TPSA) is 57.1 Å². The molecule has 2 aliphatic heterocycles. The molecule has 0 fully saturated rings. The van der Waals surface area contributed by atoms with Gasteiger partial charge in [-0.2, -0.15) is 0 Å². The smallest absolute Gasteiger partial charge is 0.276 e. The molecule has 0 saturated heterocycles. The maximum absolute atomic E-state index is 12.7. The molecule has 2 heterocycles. The average molecular weight is 391 g/mol. The number of amidine groups is 1. The first-order valence-electron chi connectivity index (χ1n) is 7.44. The van der Waals surface area contributed by atoms with Crippen LogP contribution >= 0.6 is 35.0 Å². The van der Waals surface area contributed by atoms with Crippen LogP contribution in [0.5, 0.6) is 0 Å². The number of carbonyl (C=O) groups is 1. The van der Waals surface area contributed by atoms with E-state index in [1.807, 2.05) is 42.7 Å². The summed E-state index contributed by atoms with van der Waals surface area (Å²) in [5.41, 5.74) is 1.14. The van der Waals surface area contributed by atoms with E-state index in [1.165, 1.54) is 11.8 Å². The average Bonchev–Trinajstić information content (AvgIpc) is 2.63. The number of hydrogen-bond acceptors (Lipinski definition) is 5. The summed E-state index contributed by atoms with van der Waals surface area (Å²) in [5.74, 6) is -0.218. The van der Waals surface area contributed by atoms with Crippen LogP contribution in [-0.2, 0) is 4.79 Å². The zero-order chi connectivity index (χ0) is 17.6. The summed E-state index contributed by atoms with van der Waals surface area (Å²) < 4.78 is 0. The first kappa shape index (κ1) is 16.4. The molecule has 126 valence electrons. The van der Waals surface area contributed by atoms with Crippen molar-refractivity contribution in [1.29, 1.82) is 0 Å². The molecule has 1 amide bonds. The van der Waals surface area contributed by atoms with Crippen LogP contribution in [0.15, 0.2) is 52.6 Å². The van der Waals surface area contributed by atoms with E-state index in [1.54, 1.807) is 11.1 Å². The number of rotatable bonds is 1. The molecule has 1 atom stereocenters. The fourth-order valence-corrected chi connectivity index (χ4v) is 3.61. The maximum Gasteiger partial charge on any atom is 0.276 e. The molecule has 2 aromatic carbocycles. The standard InChI is InChI=1S/C17H12Cl2N4OS/c1-25-17-21-16(24)14-9-5-2-3-8-12(9)20-15(23(14)22-17)10-6-4-7-11(18)13(10)19/h2-8,15H,1H3,(H,21,22,24). The molecule has 0 saturated carbocycles. The van der Waals surface area contributed by atoms with Gasteiger partial charge in [-0.05, 0) is 18.4 Å². The molecule has 0 spiro atoms. The second-order valence-electron chi connectivity index (χ2n) is 5.42. The largest absolute Gasteiger partial charge is 0.298 e. The van der Waals surface area contributed by atoms with Gasteiger partial charge < -0.3 is 0 Å². The quantitative estimate of drug-likeness (QED) is 0.813. The highest BCUT2D eigenvalue weighted by molar-refractivity contribution is 8.13. The van der Waals surface area contributed by atoms with Gasteiger partial charge in [-0.25, -0.2) is 5.01 Å². The number of thioether (sulfide) groups is 1. The monoisotopic (exact) mass is 390 g/mol. The van der Waals surface area contributed by atoms with Crippen molar-refractivity contribution in [2.24, 2.45) is 10.1 Å². The van der Waals surface area contributed by atoms with Crippen LogP contribution < -0.4 is 15.9 Å². The van der Waals surface area contributed by atoms with Gasteiger partial charge in [0.25, 0.3) is 5.91 Å². The molecule has 1 unspecified atom stereocenters. The maximum atomic E-state index is 12.7. The summed E-state index contributed by atoms with van der Waals surface area (Å²) in [6.45, 7) is 0. The van der Waals surface area contributed by atoms with Gasteiger partial charge >= 0.3 is 0 Å². The number of hydrogen-bond donors (Lipinski definition) is 1. The Hall–Kier alpha value is -2.02. The van der Waals surface area contributed by atoms with Crippen LogP contribution in [-0.4, -0.2) is 22.3 Å².